The van der Waals surface area contributed by atoms with Crippen molar-refractivity contribution in [1.82, 2.24) is 10.2 Å². The van der Waals surface area contributed by atoms with Gasteiger partial charge >= 0.3 is 0 Å². The molecule has 1 N–H and O–H groups in total. The highest BCUT2D eigenvalue weighted by Gasteiger charge is 2.45. The van der Waals surface area contributed by atoms with Crippen molar-refractivity contribution in [2.24, 2.45) is 0 Å². The highest BCUT2D eigenvalue weighted by atomic mass is 35.5. The third kappa shape index (κ3) is 5.40. The van der Waals surface area contributed by atoms with E-state index >= 15 is 0 Å². The summed E-state index contributed by atoms with van der Waals surface area (Å²) in [7, 11) is 0. The number of hydrogen-bond acceptors (Lipinski definition) is 7. The molecule has 1 unspecified atom stereocenters. The van der Waals surface area contributed by atoms with Gasteiger partial charge in [0.2, 0.25) is 5.13 Å². The lowest BCUT2D eigenvalue weighted by molar-refractivity contribution is -0.117. The van der Waals surface area contributed by atoms with Gasteiger partial charge in [-0.15, -0.1) is 10.2 Å². The van der Waals surface area contributed by atoms with E-state index in [1.165, 1.54) is 28.8 Å². The fourth-order valence-electron chi connectivity index (χ4n) is 3.95. The number of carbonyl (C=O) groups is 2. The molecule has 1 aromatic heterocycles. The van der Waals surface area contributed by atoms with Gasteiger partial charge in [-0.2, -0.15) is 0 Å². The van der Waals surface area contributed by atoms with Gasteiger partial charge in [-0.05, 0) is 41.0 Å². The number of allylic oxidation sites excluding steroid dienone is 1. The highest BCUT2D eigenvalue weighted by molar-refractivity contribution is 8.00. The molecule has 0 saturated carbocycles. The number of aromatic nitrogens is 2. The topological polar surface area (TPSA) is 83.4 Å². The minimum Gasteiger partial charge on any atom is -0.503 e. The fourth-order valence-corrected chi connectivity index (χ4v) is 5.93. The monoisotopic (exact) mass is 563 g/mol. The summed E-state index contributed by atoms with van der Waals surface area (Å²) in [5.74, 6) is -1.91. The summed E-state index contributed by atoms with van der Waals surface area (Å²) in [6.07, 6.45) is 2.95. The predicted molar refractivity (Wildman–Crippen MR) is 148 cm³/mol. The molecule has 0 aliphatic carbocycles. The molecule has 2 heterocycles. The zero-order valence-corrected chi connectivity index (χ0v) is 22.0. The standard InChI is InChI=1S/C28H19ClFN3O3S2/c29-20-13-11-18(12-14-20)24-23(22(34)15-10-17-6-2-1-3-7-17)25(35)26(36)33(24)27-31-32-28(38-27)37-16-19-8-4-5-9-21(19)30/h1-15,24,35H,16H2. The number of amides is 1. The number of rotatable bonds is 8. The van der Waals surface area contributed by atoms with Crippen LogP contribution in [0.25, 0.3) is 6.08 Å². The van der Waals surface area contributed by atoms with Crippen LogP contribution in [0.5, 0.6) is 0 Å². The molecule has 1 amide bonds. The maximum absolute atomic E-state index is 14.0. The Labute approximate surface area is 231 Å². The van der Waals surface area contributed by atoms with Gasteiger partial charge in [-0.3, -0.25) is 14.5 Å². The summed E-state index contributed by atoms with van der Waals surface area (Å²) < 4.78 is 14.5. The number of aliphatic hydroxyl groups is 1. The van der Waals surface area contributed by atoms with E-state index in [-0.39, 0.29) is 16.5 Å². The number of anilines is 1. The van der Waals surface area contributed by atoms with Gasteiger partial charge in [0, 0.05) is 10.8 Å². The number of nitrogens with zero attached hydrogens (tertiary/aromatic N) is 3. The normalized spacial score (nSPS) is 15.6. The van der Waals surface area contributed by atoms with E-state index < -0.39 is 23.5 Å². The first-order valence-electron chi connectivity index (χ1n) is 11.4. The molecule has 4 aromatic rings. The number of halogens is 2. The van der Waals surface area contributed by atoms with Crippen molar-refractivity contribution in [2.75, 3.05) is 4.90 Å². The van der Waals surface area contributed by atoms with Crippen molar-refractivity contribution >= 4 is 57.6 Å². The third-order valence-corrected chi connectivity index (χ3v) is 8.15. The highest BCUT2D eigenvalue weighted by Crippen LogP contribution is 2.43. The molecule has 38 heavy (non-hydrogen) atoms. The predicted octanol–water partition coefficient (Wildman–Crippen LogP) is 6.81. The lowest BCUT2D eigenvalue weighted by Gasteiger charge is -2.23. The van der Waals surface area contributed by atoms with Crippen LogP contribution in [0.2, 0.25) is 5.02 Å². The molecule has 6 nitrogen and oxygen atoms in total. The largest absolute Gasteiger partial charge is 0.503 e. The molecule has 1 aliphatic rings. The molecule has 0 radical (unpaired) electrons. The van der Waals surface area contributed by atoms with Crippen LogP contribution in [-0.2, 0) is 15.3 Å². The van der Waals surface area contributed by atoms with Gasteiger partial charge in [0.25, 0.3) is 5.91 Å². The minimum atomic E-state index is -0.940. The second-order valence-electron chi connectivity index (χ2n) is 8.23. The van der Waals surface area contributed by atoms with Crippen molar-refractivity contribution in [1.29, 1.82) is 0 Å². The molecular formula is C28H19ClFN3O3S2. The molecule has 5 rings (SSSR count). The molecule has 1 atom stereocenters. The van der Waals surface area contributed by atoms with Gasteiger partial charge in [-0.1, -0.05) is 101 Å². The van der Waals surface area contributed by atoms with E-state index in [0.717, 1.165) is 16.9 Å². The number of aliphatic hydroxyl groups excluding tert-OH is 1. The van der Waals surface area contributed by atoms with Crippen LogP contribution < -0.4 is 4.90 Å². The Morgan fingerprint density at radius 3 is 2.50 bits per heavy atom. The van der Waals surface area contributed by atoms with Crippen LogP contribution in [0.1, 0.15) is 22.7 Å². The number of ketones is 1. The zero-order valence-electron chi connectivity index (χ0n) is 19.6. The smallest absolute Gasteiger partial charge is 0.296 e. The maximum Gasteiger partial charge on any atom is 0.296 e. The summed E-state index contributed by atoms with van der Waals surface area (Å²) in [6, 6.07) is 21.4. The second kappa shape index (κ2) is 11.3. The number of carbonyl (C=O) groups excluding carboxylic acids is 2. The van der Waals surface area contributed by atoms with Crippen LogP contribution in [0.15, 0.2) is 101 Å². The molecule has 0 saturated heterocycles. The molecular weight excluding hydrogens is 545 g/mol. The zero-order chi connectivity index (χ0) is 26.6. The molecule has 190 valence electrons. The van der Waals surface area contributed by atoms with E-state index in [0.29, 0.717) is 26.2 Å². The minimum absolute atomic E-state index is 0.0692. The first-order chi connectivity index (χ1) is 18.4. The molecule has 0 fully saturated rings. The van der Waals surface area contributed by atoms with Crippen LogP contribution >= 0.6 is 34.7 Å². The van der Waals surface area contributed by atoms with Crippen LogP contribution in [0.3, 0.4) is 0 Å². The average Bonchev–Trinajstić information content (AvgIpc) is 3.50. The summed E-state index contributed by atoms with van der Waals surface area (Å²) in [4.78, 5) is 27.9. The molecule has 3 aromatic carbocycles. The summed E-state index contributed by atoms with van der Waals surface area (Å²) >= 11 is 8.47. The first kappa shape index (κ1) is 25.8. The lowest BCUT2D eigenvalue weighted by Crippen LogP contribution is -2.30. The average molecular weight is 564 g/mol. The molecule has 1 aliphatic heterocycles. The lowest BCUT2D eigenvalue weighted by atomic mass is 9.96. The van der Waals surface area contributed by atoms with E-state index in [1.807, 2.05) is 30.3 Å². The Morgan fingerprint density at radius 2 is 1.76 bits per heavy atom. The number of thioether (sulfide) groups is 1. The van der Waals surface area contributed by atoms with Crippen molar-refractivity contribution < 1.29 is 19.1 Å². The molecule has 0 spiro atoms. The quantitative estimate of drug-likeness (QED) is 0.144. The van der Waals surface area contributed by atoms with Crippen LogP contribution in [0.4, 0.5) is 9.52 Å². The Balaban J connectivity index is 1.46. The summed E-state index contributed by atoms with van der Waals surface area (Å²) in [6.45, 7) is 0. The van der Waals surface area contributed by atoms with Gasteiger partial charge in [0.05, 0.1) is 11.6 Å². The summed E-state index contributed by atoms with van der Waals surface area (Å²) in [5.41, 5.74) is 1.81. The van der Waals surface area contributed by atoms with Gasteiger partial charge in [0.15, 0.2) is 15.9 Å². The van der Waals surface area contributed by atoms with Gasteiger partial charge in [-0.25, -0.2) is 4.39 Å². The van der Waals surface area contributed by atoms with Crippen molar-refractivity contribution in [2.45, 2.75) is 16.1 Å². The van der Waals surface area contributed by atoms with E-state index in [9.17, 15) is 19.1 Å². The molecule has 0 bridgehead atoms. The Bertz CT molecular complexity index is 1560. The number of benzene rings is 3. The van der Waals surface area contributed by atoms with E-state index in [4.69, 9.17) is 11.6 Å². The van der Waals surface area contributed by atoms with E-state index in [1.54, 1.807) is 48.5 Å². The van der Waals surface area contributed by atoms with Crippen LogP contribution in [0, 0.1) is 5.82 Å². The fraction of sp³-hybridized carbons (Fsp3) is 0.0714. The van der Waals surface area contributed by atoms with Crippen molar-refractivity contribution in [3.8, 4) is 0 Å². The Kier molecular flexibility index (Phi) is 7.69. The van der Waals surface area contributed by atoms with Crippen LogP contribution in [-0.4, -0.2) is 27.0 Å². The Hall–Kier alpha value is -3.79. The summed E-state index contributed by atoms with van der Waals surface area (Å²) in [5, 5.41) is 19.8. The van der Waals surface area contributed by atoms with Crippen molar-refractivity contribution in [3.05, 3.63) is 124 Å². The van der Waals surface area contributed by atoms with E-state index in [2.05, 4.69) is 10.2 Å². The Morgan fingerprint density at radius 1 is 1.05 bits per heavy atom. The van der Waals surface area contributed by atoms with Crippen molar-refractivity contribution in [3.63, 3.8) is 0 Å². The van der Waals surface area contributed by atoms with Gasteiger partial charge < -0.3 is 5.11 Å². The second-order valence-corrected chi connectivity index (χ2v) is 10.8. The third-order valence-electron chi connectivity index (χ3n) is 5.80. The first-order valence-corrected chi connectivity index (χ1v) is 13.6. The maximum atomic E-state index is 14.0. The van der Waals surface area contributed by atoms with Gasteiger partial charge in [0.1, 0.15) is 5.82 Å². The number of hydrogen-bond donors (Lipinski definition) is 1. The molecule has 10 heteroatoms. The SMILES string of the molecule is O=C(C=Cc1ccccc1)C1=C(O)C(=O)N(c2nnc(SCc3ccccc3F)s2)C1c1ccc(Cl)cc1.